The van der Waals surface area contributed by atoms with Crippen LogP contribution in [0.2, 0.25) is 0 Å². The normalized spacial score (nSPS) is 11.0. The number of halogens is 2. The number of aromatic nitrogens is 3. The Hall–Kier alpha value is -3.48. The first-order valence-electron chi connectivity index (χ1n) is 8.26. The number of ether oxygens (including phenoxy) is 1. The first kappa shape index (κ1) is 17.0. The zero-order valence-corrected chi connectivity index (χ0v) is 14.7. The van der Waals surface area contributed by atoms with Crippen molar-refractivity contribution in [3.05, 3.63) is 72.2 Å². The Kier molecular flexibility index (Phi) is 4.19. The van der Waals surface area contributed by atoms with Crippen LogP contribution < -0.4 is 10.1 Å². The Balaban J connectivity index is 1.80. The predicted octanol–water partition coefficient (Wildman–Crippen LogP) is 4.74. The molecular weight excluding hydrogens is 350 g/mol. The van der Waals surface area contributed by atoms with Gasteiger partial charge in [-0.2, -0.15) is 4.39 Å². The molecule has 0 bridgehead atoms. The molecular formula is C20H16F2N4O. The van der Waals surface area contributed by atoms with Crippen LogP contribution in [0.5, 0.6) is 5.75 Å². The van der Waals surface area contributed by atoms with Crippen molar-refractivity contribution >= 4 is 17.2 Å². The molecule has 2 heterocycles. The van der Waals surface area contributed by atoms with Crippen LogP contribution in [0.4, 0.5) is 20.3 Å². The Morgan fingerprint density at radius 2 is 1.93 bits per heavy atom. The zero-order valence-electron chi connectivity index (χ0n) is 14.7. The number of methoxy groups -OCH3 is 1. The minimum Gasteiger partial charge on any atom is -0.494 e. The van der Waals surface area contributed by atoms with E-state index >= 15 is 0 Å². The number of benzene rings is 2. The molecule has 0 saturated carbocycles. The van der Waals surface area contributed by atoms with Gasteiger partial charge in [-0.3, -0.25) is 4.40 Å². The molecule has 0 spiro atoms. The van der Waals surface area contributed by atoms with Gasteiger partial charge in [0.25, 0.3) is 0 Å². The first-order chi connectivity index (χ1) is 13.1. The number of hydrogen-bond acceptors (Lipinski definition) is 4. The van der Waals surface area contributed by atoms with Crippen molar-refractivity contribution in [3.63, 3.8) is 0 Å². The van der Waals surface area contributed by atoms with E-state index in [2.05, 4.69) is 15.3 Å². The van der Waals surface area contributed by atoms with Gasteiger partial charge in [-0.25, -0.2) is 14.4 Å². The fourth-order valence-electron chi connectivity index (χ4n) is 2.95. The van der Waals surface area contributed by atoms with E-state index in [4.69, 9.17) is 4.74 Å². The van der Waals surface area contributed by atoms with Gasteiger partial charge in [-0.1, -0.05) is 12.1 Å². The number of rotatable bonds is 4. The van der Waals surface area contributed by atoms with Crippen LogP contribution in [-0.4, -0.2) is 21.5 Å². The van der Waals surface area contributed by atoms with E-state index in [1.165, 1.54) is 25.4 Å². The lowest BCUT2D eigenvalue weighted by Crippen LogP contribution is -2.00. The third-order valence-electron chi connectivity index (χ3n) is 4.25. The molecule has 7 heteroatoms. The fraction of sp³-hybridized carbons (Fsp3) is 0.100. The van der Waals surface area contributed by atoms with E-state index < -0.39 is 11.6 Å². The van der Waals surface area contributed by atoms with E-state index in [0.29, 0.717) is 17.2 Å². The van der Waals surface area contributed by atoms with E-state index in [1.54, 1.807) is 16.8 Å². The maximum absolute atomic E-state index is 14.5. The molecule has 2 aromatic heterocycles. The summed E-state index contributed by atoms with van der Waals surface area (Å²) in [4.78, 5) is 8.67. The van der Waals surface area contributed by atoms with Gasteiger partial charge in [0, 0.05) is 23.6 Å². The Morgan fingerprint density at radius 1 is 1.07 bits per heavy atom. The molecule has 2 aromatic carbocycles. The molecule has 0 amide bonds. The summed E-state index contributed by atoms with van der Waals surface area (Å²) in [5, 5.41) is 3.21. The van der Waals surface area contributed by atoms with Crippen LogP contribution in [0.1, 0.15) is 5.56 Å². The molecule has 0 fully saturated rings. The third kappa shape index (κ3) is 2.97. The van der Waals surface area contributed by atoms with Gasteiger partial charge in [0.1, 0.15) is 0 Å². The van der Waals surface area contributed by atoms with Gasteiger partial charge in [0.05, 0.1) is 19.0 Å². The molecule has 0 aliphatic heterocycles. The van der Waals surface area contributed by atoms with Gasteiger partial charge in [-0.05, 0) is 36.8 Å². The van der Waals surface area contributed by atoms with Crippen LogP contribution in [-0.2, 0) is 0 Å². The highest BCUT2D eigenvalue weighted by atomic mass is 19.2. The van der Waals surface area contributed by atoms with Crippen molar-refractivity contribution < 1.29 is 13.5 Å². The number of fused-ring (bicyclic) bond motifs is 1. The summed E-state index contributed by atoms with van der Waals surface area (Å²) in [5.41, 5.74) is 2.98. The smallest absolute Gasteiger partial charge is 0.201 e. The van der Waals surface area contributed by atoms with E-state index in [-0.39, 0.29) is 11.3 Å². The lowest BCUT2D eigenvalue weighted by molar-refractivity contribution is 0.372. The summed E-state index contributed by atoms with van der Waals surface area (Å²) in [7, 11) is 1.29. The van der Waals surface area contributed by atoms with Crippen LogP contribution >= 0.6 is 0 Å². The van der Waals surface area contributed by atoms with Crippen LogP contribution in [0.25, 0.3) is 16.9 Å². The molecule has 27 heavy (non-hydrogen) atoms. The summed E-state index contributed by atoms with van der Waals surface area (Å²) < 4.78 is 35.1. The lowest BCUT2D eigenvalue weighted by atomic mass is 10.1. The highest BCUT2D eigenvalue weighted by Crippen LogP contribution is 2.31. The average molecular weight is 366 g/mol. The van der Waals surface area contributed by atoms with Crippen LogP contribution in [0, 0.1) is 18.6 Å². The zero-order chi connectivity index (χ0) is 19.0. The van der Waals surface area contributed by atoms with Crippen molar-refractivity contribution in [2.24, 2.45) is 0 Å². The molecule has 136 valence electrons. The number of imidazole rings is 1. The van der Waals surface area contributed by atoms with Crippen molar-refractivity contribution in [3.8, 4) is 17.0 Å². The Morgan fingerprint density at radius 3 is 2.70 bits per heavy atom. The lowest BCUT2D eigenvalue weighted by Gasteiger charge is -2.10. The van der Waals surface area contributed by atoms with Crippen molar-refractivity contribution in [2.45, 2.75) is 6.92 Å². The summed E-state index contributed by atoms with van der Waals surface area (Å²) >= 11 is 0. The van der Waals surface area contributed by atoms with Gasteiger partial charge < -0.3 is 10.1 Å². The monoisotopic (exact) mass is 366 g/mol. The van der Waals surface area contributed by atoms with Gasteiger partial charge in [0.15, 0.2) is 23.0 Å². The summed E-state index contributed by atoms with van der Waals surface area (Å²) in [6.45, 7) is 1.99. The molecule has 4 aromatic rings. The van der Waals surface area contributed by atoms with Gasteiger partial charge in [-0.15, -0.1) is 0 Å². The van der Waals surface area contributed by atoms with Crippen molar-refractivity contribution in [2.75, 3.05) is 12.4 Å². The minimum absolute atomic E-state index is 0.0912. The minimum atomic E-state index is -1.03. The van der Waals surface area contributed by atoms with Crippen molar-refractivity contribution in [1.82, 2.24) is 14.4 Å². The van der Waals surface area contributed by atoms with Gasteiger partial charge in [0.2, 0.25) is 5.82 Å². The second kappa shape index (κ2) is 6.68. The third-order valence-corrected chi connectivity index (χ3v) is 4.25. The molecule has 0 aliphatic carbocycles. The maximum atomic E-state index is 14.5. The van der Waals surface area contributed by atoms with E-state index in [9.17, 15) is 8.78 Å². The molecule has 0 unspecified atom stereocenters. The number of nitrogens with one attached hydrogen (secondary N) is 1. The molecule has 0 atom stereocenters. The molecule has 0 saturated heterocycles. The average Bonchev–Trinajstić information content (AvgIpc) is 3.09. The highest BCUT2D eigenvalue weighted by molar-refractivity contribution is 5.74. The summed E-state index contributed by atoms with van der Waals surface area (Å²) in [5.74, 6) is -1.64. The highest BCUT2D eigenvalue weighted by Gasteiger charge is 2.19. The summed E-state index contributed by atoms with van der Waals surface area (Å²) in [6, 6.07) is 10.7. The number of anilines is 2. The Bertz CT molecular complexity index is 1140. The molecule has 0 radical (unpaired) electrons. The Labute approximate surface area is 154 Å². The summed E-state index contributed by atoms with van der Waals surface area (Å²) in [6.07, 6.45) is 4.72. The topological polar surface area (TPSA) is 51.5 Å². The van der Waals surface area contributed by atoms with Gasteiger partial charge >= 0.3 is 0 Å². The predicted molar refractivity (Wildman–Crippen MR) is 99.4 cm³/mol. The molecule has 0 aliphatic rings. The molecule has 1 N–H and O–H groups in total. The van der Waals surface area contributed by atoms with Crippen LogP contribution in [0.15, 0.2) is 55.0 Å². The first-order valence-corrected chi connectivity index (χ1v) is 8.26. The second-order valence-electron chi connectivity index (χ2n) is 6.05. The van der Waals surface area contributed by atoms with E-state index in [0.717, 1.165) is 11.3 Å². The number of nitrogens with zero attached hydrogens (tertiary/aromatic N) is 3. The van der Waals surface area contributed by atoms with E-state index in [1.807, 2.05) is 31.2 Å². The van der Waals surface area contributed by atoms with Crippen LogP contribution in [0.3, 0.4) is 0 Å². The van der Waals surface area contributed by atoms with Crippen molar-refractivity contribution in [1.29, 1.82) is 0 Å². The molecule has 5 nitrogen and oxygen atoms in total. The quantitative estimate of drug-likeness (QED) is 0.567. The SMILES string of the molecule is COc1ccc(-c2cnc3c(Nc4cccc(C)c4)nccn23)c(F)c1F. The fourth-order valence-corrected chi connectivity index (χ4v) is 2.95. The maximum Gasteiger partial charge on any atom is 0.201 e. The number of aryl methyl sites for hydroxylation is 1. The standard InChI is InChI=1S/C20H16F2N4O/c1-12-4-3-5-13(10-12)25-19-20-24-11-15(26(20)9-8-23-19)14-6-7-16(27-2)18(22)17(14)21/h3-11H,1-2H3,(H,23,25). The molecule has 4 rings (SSSR count). The number of hydrogen-bond donors (Lipinski definition) is 1. The second-order valence-corrected chi connectivity index (χ2v) is 6.05. The largest absolute Gasteiger partial charge is 0.494 e.